The third-order valence-electron chi connectivity index (χ3n) is 5.25. The zero-order chi connectivity index (χ0) is 20.8. The molecule has 1 unspecified atom stereocenters. The highest BCUT2D eigenvalue weighted by molar-refractivity contribution is 7.92. The van der Waals surface area contributed by atoms with Gasteiger partial charge in [-0.2, -0.15) is 0 Å². The Hall–Kier alpha value is -2.71. The van der Waals surface area contributed by atoms with Crippen LogP contribution in [0.3, 0.4) is 0 Å². The molecule has 2 aromatic carbocycles. The maximum atomic E-state index is 12.8. The Morgan fingerprint density at radius 2 is 1.59 bits per heavy atom. The molecule has 0 aromatic heterocycles. The predicted octanol–water partition coefficient (Wildman–Crippen LogP) is 2.01. The summed E-state index contributed by atoms with van der Waals surface area (Å²) in [6.45, 7) is -0.132. The smallest absolute Gasteiger partial charge is 0.262 e. The lowest BCUT2D eigenvalue weighted by Crippen LogP contribution is -2.42. The summed E-state index contributed by atoms with van der Waals surface area (Å²) < 4.78 is 25.6. The largest absolute Gasteiger partial charge is 0.340 e. The number of fused-ring (bicyclic) bond motifs is 1. The van der Waals surface area contributed by atoms with E-state index in [-0.39, 0.29) is 29.1 Å². The summed E-state index contributed by atoms with van der Waals surface area (Å²) in [6, 6.07) is 12.3. The lowest BCUT2D eigenvalue weighted by atomic mass is 10.1. The number of sulfone groups is 1. The number of rotatable bonds is 4. The predicted molar refractivity (Wildman–Crippen MR) is 105 cm³/mol. The number of carbonyl (C=O) groups excluding carboxylic acids is 3. The van der Waals surface area contributed by atoms with Crippen LogP contribution in [-0.4, -0.2) is 60.8 Å². The highest BCUT2D eigenvalue weighted by Gasteiger charge is 2.40. The van der Waals surface area contributed by atoms with Crippen molar-refractivity contribution in [1.29, 1.82) is 0 Å². The van der Waals surface area contributed by atoms with Crippen molar-refractivity contribution in [2.24, 2.45) is 0 Å². The van der Waals surface area contributed by atoms with Gasteiger partial charge < -0.3 is 4.90 Å². The van der Waals surface area contributed by atoms with Crippen molar-refractivity contribution in [2.45, 2.75) is 16.6 Å². The Balaban J connectivity index is 1.45. The normalized spacial score (nSPS) is 19.0. The Labute approximate surface area is 172 Å². The van der Waals surface area contributed by atoms with Crippen molar-refractivity contribution >= 4 is 39.2 Å². The minimum absolute atomic E-state index is 0.0208. The van der Waals surface area contributed by atoms with Gasteiger partial charge >= 0.3 is 0 Å². The molecule has 0 N–H and O–H groups in total. The molecule has 4 rings (SSSR count). The Morgan fingerprint density at radius 3 is 2.17 bits per heavy atom. The third-order valence-corrected chi connectivity index (χ3v) is 7.69. The fraction of sp³-hybridized carbons (Fsp3) is 0.250. The number of hydrogen-bond donors (Lipinski definition) is 0. The Kier molecular flexibility index (Phi) is 4.92. The van der Waals surface area contributed by atoms with Crippen LogP contribution in [0.1, 0.15) is 27.1 Å². The molecule has 0 radical (unpaired) electrons. The Morgan fingerprint density at radius 1 is 1.00 bits per heavy atom. The lowest BCUT2D eigenvalue weighted by Gasteiger charge is -2.20. The van der Waals surface area contributed by atoms with E-state index in [1.165, 1.54) is 29.2 Å². The molecule has 3 amide bonds. The van der Waals surface area contributed by atoms with E-state index < -0.39 is 39.4 Å². The minimum Gasteiger partial charge on any atom is -0.340 e. The van der Waals surface area contributed by atoms with Gasteiger partial charge in [0, 0.05) is 18.1 Å². The monoisotopic (exact) mass is 432 g/mol. The highest BCUT2D eigenvalue weighted by atomic mass is 35.5. The molecule has 1 fully saturated rings. The van der Waals surface area contributed by atoms with Gasteiger partial charge in [-0.15, -0.1) is 0 Å². The summed E-state index contributed by atoms with van der Waals surface area (Å²) in [5.41, 5.74) is 0.546. The molecule has 1 saturated heterocycles. The van der Waals surface area contributed by atoms with Gasteiger partial charge in [0.05, 0.1) is 21.3 Å². The van der Waals surface area contributed by atoms with Crippen molar-refractivity contribution in [1.82, 2.24) is 9.80 Å². The van der Waals surface area contributed by atoms with Crippen LogP contribution in [0.25, 0.3) is 0 Å². The van der Waals surface area contributed by atoms with Crippen LogP contribution < -0.4 is 0 Å². The number of benzene rings is 2. The van der Waals surface area contributed by atoms with Crippen LogP contribution in [0.2, 0.25) is 5.02 Å². The fourth-order valence-corrected chi connectivity index (χ4v) is 5.46. The summed E-state index contributed by atoms with van der Waals surface area (Å²) >= 11 is 5.82. The second-order valence-electron chi connectivity index (χ2n) is 6.99. The first-order valence-electron chi connectivity index (χ1n) is 9.01. The first-order chi connectivity index (χ1) is 13.8. The van der Waals surface area contributed by atoms with Gasteiger partial charge in [0.1, 0.15) is 6.54 Å². The molecular formula is C20H17ClN2O5S. The number of carbonyl (C=O) groups is 3. The molecular weight excluding hydrogens is 416 g/mol. The highest BCUT2D eigenvalue weighted by Crippen LogP contribution is 2.26. The molecule has 0 bridgehead atoms. The Bertz CT molecular complexity index is 1080. The summed E-state index contributed by atoms with van der Waals surface area (Å²) in [7, 11) is -3.61. The molecule has 9 heteroatoms. The zero-order valence-corrected chi connectivity index (χ0v) is 16.8. The van der Waals surface area contributed by atoms with E-state index in [1.807, 2.05) is 0 Å². The molecule has 2 heterocycles. The number of likely N-dealkylation sites (tertiary alicyclic amines) is 1. The first-order valence-corrected chi connectivity index (χ1v) is 10.9. The summed E-state index contributed by atoms with van der Waals surface area (Å²) in [5.74, 6) is -1.47. The second kappa shape index (κ2) is 7.27. The van der Waals surface area contributed by atoms with E-state index in [0.717, 1.165) is 4.90 Å². The maximum absolute atomic E-state index is 12.8. The van der Waals surface area contributed by atoms with Gasteiger partial charge in [0.15, 0.2) is 9.84 Å². The lowest BCUT2D eigenvalue weighted by molar-refractivity contribution is -0.130. The number of halogens is 1. The van der Waals surface area contributed by atoms with Gasteiger partial charge in [0.2, 0.25) is 5.91 Å². The standard InChI is InChI=1S/C20H17ClN2O5S/c21-13-5-7-14(8-6-13)29(27,28)15-9-10-22(11-15)18(24)12-23-19(25)16-3-1-2-4-17(16)20(23)26/h1-8,15H,9-12H2. The van der Waals surface area contributed by atoms with Crippen molar-refractivity contribution in [3.8, 4) is 0 Å². The fourth-order valence-electron chi connectivity index (χ4n) is 3.64. The van der Waals surface area contributed by atoms with Gasteiger partial charge in [0.25, 0.3) is 11.8 Å². The first kappa shape index (κ1) is 19.6. The summed E-state index contributed by atoms with van der Waals surface area (Å²) in [4.78, 5) is 40.0. The molecule has 0 aliphatic carbocycles. The van der Waals surface area contributed by atoms with E-state index in [0.29, 0.717) is 11.4 Å². The SMILES string of the molecule is O=C(CN1C(=O)c2ccccc2C1=O)N1CCC(S(=O)(=O)c2ccc(Cl)cc2)C1. The number of amides is 3. The second-order valence-corrected chi connectivity index (χ2v) is 9.66. The van der Waals surface area contributed by atoms with Gasteiger partial charge in [-0.25, -0.2) is 8.42 Å². The van der Waals surface area contributed by atoms with E-state index in [1.54, 1.807) is 24.3 Å². The molecule has 0 saturated carbocycles. The van der Waals surface area contributed by atoms with Crippen LogP contribution in [0.4, 0.5) is 0 Å². The van der Waals surface area contributed by atoms with Crippen molar-refractivity contribution in [3.05, 3.63) is 64.7 Å². The van der Waals surface area contributed by atoms with Gasteiger partial charge in [-0.3, -0.25) is 19.3 Å². The van der Waals surface area contributed by atoms with Crippen LogP contribution in [0.15, 0.2) is 53.4 Å². The van der Waals surface area contributed by atoms with Crippen LogP contribution in [0, 0.1) is 0 Å². The molecule has 29 heavy (non-hydrogen) atoms. The van der Waals surface area contributed by atoms with E-state index in [4.69, 9.17) is 11.6 Å². The van der Waals surface area contributed by atoms with E-state index in [9.17, 15) is 22.8 Å². The molecule has 2 aliphatic heterocycles. The molecule has 150 valence electrons. The topological polar surface area (TPSA) is 91.8 Å². The summed E-state index contributed by atoms with van der Waals surface area (Å²) in [6.07, 6.45) is 0.290. The summed E-state index contributed by atoms with van der Waals surface area (Å²) in [5, 5.41) is -0.303. The molecule has 0 spiro atoms. The van der Waals surface area contributed by atoms with Crippen molar-refractivity contribution in [3.63, 3.8) is 0 Å². The van der Waals surface area contributed by atoms with E-state index >= 15 is 0 Å². The molecule has 2 aliphatic rings. The van der Waals surface area contributed by atoms with Gasteiger partial charge in [-0.05, 0) is 42.8 Å². The number of nitrogens with zero attached hydrogens (tertiary/aromatic N) is 2. The van der Waals surface area contributed by atoms with Crippen LogP contribution in [0.5, 0.6) is 0 Å². The van der Waals surface area contributed by atoms with Gasteiger partial charge in [-0.1, -0.05) is 23.7 Å². The van der Waals surface area contributed by atoms with Crippen LogP contribution in [-0.2, 0) is 14.6 Å². The number of hydrogen-bond acceptors (Lipinski definition) is 5. The quantitative estimate of drug-likeness (QED) is 0.689. The zero-order valence-electron chi connectivity index (χ0n) is 15.2. The molecule has 1 atom stereocenters. The average molecular weight is 433 g/mol. The van der Waals surface area contributed by atoms with Crippen LogP contribution >= 0.6 is 11.6 Å². The van der Waals surface area contributed by atoms with E-state index in [2.05, 4.69) is 0 Å². The number of imide groups is 1. The van der Waals surface area contributed by atoms with Crippen molar-refractivity contribution in [2.75, 3.05) is 19.6 Å². The third kappa shape index (κ3) is 3.42. The minimum atomic E-state index is -3.61. The maximum Gasteiger partial charge on any atom is 0.262 e. The molecule has 2 aromatic rings. The molecule has 7 nitrogen and oxygen atoms in total. The van der Waals surface area contributed by atoms with Crippen molar-refractivity contribution < 1.29 is 22.8 Å². The average Bonchev–Trinajstić information content (AvgIpc) is 3.30.